The highest BCUT2D eigenvalue weighted by Crippen LogP contribution is 2.28. The number of fused-ring (bicyclic) bond motifs is 1. The standard InChI is InChI=1S/C25H22N2O3/c1-16-14-22-21(15-20(16)25(29)30)19(13-12-17-8-4-2-5-9-17)23(27-22)24(28)26-18-10-6-3-7-11-18/h2-11,14-15,27H,12-13H2,1H3,(H,26,28)(H,29,30). The van der Waals surface area contributed by atoms with Gasteiger partial charge in [-0.25, -0.2) is 4.79 Å². The second-order valence-corrected chi connectivity index (χ2v) is 7.30. The first-order valence-electron chi connectivity index (χ1n) is 9.82. The van der Waals surface area contributed by atoms with E-state index in [4.69, 9.17) is 0 Å². The summed E-state index contributed by atoms with van der Waals surface area (Å²) in [5.41, 5.74) is 4.82. The van der Waals surface area contributed by atoms with Crippen LogP contribution in [0.4, 0.5) is 5.69 Å². The molecule has 0 aliphatic rings. The maximum absolute atomic E-state index is 13.1. The molecule has 150 valence electrons. The number of carbonyl (C=O) groups excluding carboxylic acids is 1. The van der Waals surface area contributed by atoms with E-state index in [1.54, 1.807) is 19.1 Å². The van der Waals surface area contributed by atoms with Crippen LogP contribution in [0.1, 0.15) is 37.5 Å². The largest absolute Gasteiger partial charge is 0.478 e. The topological polar surface area (TPSA) is 82.2 Å². The lowest BCUT2D eigenvalue weighted by molar-refractivity contribution is 0.0696. The number of anilines is 1. The van der Waals surface area contributed by atoms with Gasteiger partial charge in [-0.3, -0.25) is 4.79 Å². The molecular weight excluding hydrogens is 376 g/mol. The molecule has 1 aromatic heterocycles. The summed E-state index contributed by atoms with van der Waals surface area (Å²) in [6, 6.07) is 22.8. The van der Waals surface area contributed by atoms with Gasteiger partial charge in [-0.2, -0.15) is 0 Å². The van der Waals surface area contributed by atoms with Crippen LogP contribution >= 0.6 is 0 Å². The SMILES string of the molecule is Cc1cc2[nH]c(C(=O)Nc3ccccc3)c(CCc3ccccc3)c2cc1C(=O)O. The van der Waals surface area contributed by atoms with Gasteiger partial charge in [0.25, 0.3) is 5.91 Å². The summed E-state index contributed by atoms with van der Waals surface area (Å²) in [5, 5.41) is 13.2. The van der Waals surface area contributed by atoms with Gasteiger partial charge < -0.3 is 15.4 Å². The summed E-state index contributed by atoms with van der Waals surface area (Å²) in [7, 11) is 0. The van der Waals surface area contributed by atoms with Crippen molar-refractivity contribution in [2.45, 2.75) is 19.8 Å². The Morgan fingerprint density at radius 3 is 2.27 bits per heavy atom. The molecule has 0 aliphatic carbocycles. The molecule has 1 heterocycles. The van der Waals surface area contributed by atoms with Crippen LogP contribution in [0.25, 0.3) is 10.9 Å². The highest BCUT2D eigenvalue weighted by Gasteiger charge is 2.20. The predicted molar refractivity (Wildman–Crippen MR) is 118 cm³/mol. The van der Waals surface area contributed by atoms with Crippen molar-refractivity contribution in [1.82, 2.24) is 4.98 Å². The first kappa shape index (κ1) is 19.5. The third-order valence-corrected chi connectivity index (χ3v) is 5.25. The molecule has 0 bridgehead atoms. The minimum atomic E-state index is -0.972. The van der Waals surface area contributed by atoms with Gasteiger partial charge in [0.1, 0.15) is 5.69 Å². The van der Waals surface area contributed by atoms with Gasteiger partial charge in [0.2, 0.25) is 0 Å². The van der Waals surface area contributed by atoms with Gasteiger partial charge in [-0.1, -0.05) is 48.5 Å². The second-order valence-electron chi connectivity index (χ2n) is 7.30. The number of carboxylic acid groups (broad SMARTS) is 1. The Balaban J connectivity index is 1.77. The predicted octanol–water partition coefficient (Wildman–Crippen LogP) is 5.21. The van der Waals surface area contributed by atoms with E-state index in [-0.39, 0.29) is 11.5 Å². The van der Waals surface area contributed by atoms with Crippen LogP contribution in [0, 0.1) is 6.92 Å². The summed E-state index contributed by atoms with van der Waals surface area (Å²) in [6.07, 6.45) is 1.36. The van der Waals surface area contributed by atoms with E-state index in [1.165, 1.54) is 0 Å². The molecule has 5 heteroatoms. The molecular formula is C25H22N2O3. The summed E-state index contributed by atoms with van der Waals surface area (Å²) in [5.74, 6) is -1.21. The van der Waals surface area contributed by atoms with Crippen molar-refractivity contribution < 1.29 is 14.7 Å². The highest BCUT2D eigenvalue weighted by atomic mass is 16.4. The molecule has 4 aromatic rings. The molecule has 0 unspecified atom stereocenters. The molecule has 0 saturated carbocycles. The van der Waals surface area contributed by atoms with Crippen LogP contribution in [-0.4, -0.2) is 22.0 Å². The number of aromatic nitrogens is 1. The van der Waals surface area contributed by atoms with Crippen molar-refractivity contribution >= 4 is 28.5 Å². The van der Waals surface area contributed by atoms with Gasteiger partial charge in [-0.05, 0) is 60.7 Å². The van der Waals surface area contributed by atoms with E-state index in [1.807, 2.05) is 60.7 Å². The molecule has 3 aromatic carbocycles. The number of para-hydroxylation sites is 1. The Bertz CT molecular complexity index is 1210. The molecule has 3 N–H and O–H groups in total. The van der Waals surface area contributed by atoms with Gasteiger partial charge in [0.15, 0.2) is 0 Å². The van der Waals surface area contributed by atoms with Crippen LogP contribution in [0.15, 0.2) is 72.8 Å². The summed E-state index contributed by atoms with van der Waals surface area (Å²) < 4.78 is 0. The number of benzene rings is 3. The van der Waals surface area contributed by atoms with Crippen LogP contribution in [0.3, 0.4) is 0 Å². The van der Waals surface area contributed by atoms with E-state index in [9.17, 15) is 14.7 Å². The number of aromatic amines is 1. The average molecular weight is 398 g/mol. The molecule has 0 atom stereocenters. The van der Waals surface area contributed by atoms with Crippen molar-refractivity contribution in [3.8, 4) is 0 Å². The molecule has 5 nitrogen and oxygen atoms in total. The highest BCUT2D eigenvalue weighted by molar-refractivity contribution is 6.09. The Hall–Kier alpha value is -3.86. The Labute approximate surface area is 174 Å². The second kappa shape index (κ2) is 8.25. The number of aryl methyl sites for hydroxylation is 3. The number of nitrogens with one attached hydrogen (secondary N) is 2. The monoisotopic (exact) mass is 398 g/mol. The normalized spacial score (nSPS) is 10.8. The summed E-state index contributed by atoms with van der Waals surface area (Å²) in [6.45, 7) is 1.76. The number of hydrogen-bond donors (Lipinski definition) is 3. The number of aromatic carboxylic acids is 1. The number of carboxylic acids is 1. The molecule has 1 amide bonds. The van der Waals surface area contributed by atoms with E-state index < -0.39 is 5.97 Å². The number of hydrogen-bond acceptors (Lipinski definition) is 2. The summed E-state index contributed by atoms with van der Waals surface area (Å²) >= 11 is 0. The lowest BCUT2D eigenvalue weighted by atomic mass is 9.98. The molecule has 0 spiro atoms. The Kier molecular flexibility index (Phi) is 5.35. The summed E-state index contributed by atoms with van der Waals surface area (Å²) in [4.78, 5) is 27.9. The fourth-order valence-electron chi connectivity index (χ4n) is 3.72. The lowest BCUT2D eigenvalue weighted by Crippen LogP contribution is -2.14. The minimum Gasteiger partial charge on any atom is -0.478 e. The van der Waals surface area contributed by atoms with Gasteiger partial charge in [0, 0.05) is 16.6 Å². The first-order valence-corrected chi connectivity index (χ1v) is 9.82. The quantitative estimate of drug-likeness (QED) is 0.417. The fourth-order valence-corrected chi connectivity index (χ4v) is 3.72. The fraction of sp³-hybridized carbons (Fsp3) is 0.120. The number of rotatable bonds is 6. The molecule has 0 radical (unpaired) electrons. The van der Waals surface area contributed by atoms with Crippen LogP contribution < -0.4 is 5.32 Å². The van der Waals surface area contributed by atoms with Crippen molar-refractivity contribution in [3.63, 3.8) is 0 Å². The number of amides is 1. The third-order valence-electron chi connectivity index (χ3n) is 5.25. The minimum absolute atomic E-state index is 0.241. The number of carbonyl (C=O) groups is 2. The zero-order chi connectivity index (χ0) is 21.1. The Morgan fingerprint density at radius 1 is 0.933 bits per heavy atom. The first-order chi connectivity index (χ1) is 14.5. The van der Waals surface area contributed by atoms with E-state index in [0.29, 0.717) is 23.4 Å². The van der Waals surface area contributed by atoms with Crippen LogP contribution in [0.5, 0.6) is 0 Å². The molecule has 4 rings (SSSR count). The van der Waals surface area contributed by atoms with Crippen molar-refractivity contribution in [2.24, 2.45) is 0 Å². The molecule has 0 fully saturated rings. The molecule has 0 saturated heterocycles. The van der Waals surface area contributed by atoms with Crippen LogP contribution in [0.2, 0.25) is 0 Å². The maximum Gasteiger partial charge on any atom is 0.335 e. The Morgan fingerprint density at radius 2 is 1.60 bits per heavy atom. The number of H-pyrrole nitrogens is 1. The van der Waals surface area contributed by atoms with Gasteiger partial charge >= 0.3 is 5.97 Å². The average Bonchev–Trinajstić information content (AvgIpc) is 3.10. The third kappa shape index (κ3) is 3.96. The van der Waals surface area contributed by atoms with Crippen molar-refractivity contribution in [1.29, 1.82) is 0 Å². The molecule has 0 aliphatic heterocycles. The van der Waals surface area contributed by atoms with Crippen LogP contribution in [-0.2, 0) is 12.8 Å². The van der Waals surface area contributed by atoms with Crippen molar-refractivity contribution in [3.05, 3.63) is 101 Å². The smallest absolute Gasteiger partial charge is 0.335 e. The van der Waals surface area contributed by atoms with E-state index in [2.05, 4.69) is 10.3 Å². The molecule has 30 heavy (non-hydrogen) atoms. The van der Waals surface area contributed by atoms with Crippen molar-refractivity contribution in [2.75, 3.05) is 5.32 Å². The van der Waals surface area contributed by atoms with E-state index in [0.717, 1.165) is 28.5 Å². The van der Waals surface area contributed by atoms with E-state index >= 15 is 0 Å². The zero-order valence-electron chi connectivity index (χ0n) is 16.6. The van der Waals surface area contributed by atoms with Gasteiger partial charge in [0.05, 0.1) is 5.56 Å². The maximum atomic E-state index is 13.1. The lowest BCUT2D eigenvalue weighted by Gasteiger charge is -2.08. The van der Waals surface area contributed by atoms with Gasteiger partial charge in [-0.15, -0.1) is 0 Å². The zero-order valence-corrected chi connectivity index (χ0v) is 16.6.